The summed E-state index contributed by atoms with van der Waals surface area (Å²) >= 11 is 12.1. The lowest BCUT2D eigenvalue weighted by Crippen LogP contribution is -2.46. The van der Waals surface area contributed by atoms with Crippen LogP contribution >= 0.6 is 23.2 Å². The summed E-state index contributed by atoms with van der Waals surface area (Å²) in [7, 11) is 0. The van der Waals surface area contributed by atoms with E-state index in [-0.39, 0.29) is 0 Å². The van der Waals surface area contributed by atoms with Gasteiger partial charge in [-0.15, -0.1) is 0 Å². The predicted molar refractivity (Wildman–Crippen MR) is 76.0 cm³/mol. The van der Waals surface area contributed by atoms with Crippen LogP contribution in [0.25, 0.3) is 0 Å². The van der Waals surface area contributed by atoms with Gasteiger partial charge >= 0.3 is 0 Å². The van der Waals surface area contributed by atoms with Crippen molar-refractivity contribution in [2.24, 2.45) is 5.73 Å². The monoisotopic (exact) mass is 284 g/mol. The second kappa shape index (κ2) is 5.01. The van der Waals surface area contributed by atoms with E-state index in [4.69, 9.17) is 28.9 Å². The second-order valence-electron chi connectivity index (χ2n) is 5.57. The molecule has 0 spiro atoms. The minimum Gasteiger partial charge on any atom is -0.328 e. The Hall–Kier alpha value is -0.280. The fraction of sp³-hybridized carbons (Fsp3) is 0.571. The van der Waals surface area contributed by atoms with Crippen LogP contribution in [-0.2, 0) is 6.54 Å². The van der Waals surface area contributed by atoms with Gasteiger partial charge in [-0.25, -0.2) is 0 Å². The molecule has 3 rings (SSSR count). The van der Waals surface area contributed by atoms with Crippen molar-refractivity contribution < 1.29 is 0 Å². The van der Waals surface area contributed by atoms with Crippen molar-refractivity contribution >= 4 is 23.2 Å². The summed E-state index contributed by atoms with van der Waals surface area (Å²) in [6.45, 7) is 0.947. The molecule has 0 radical (unpaired) electrons. The molecule has 1 aromatic carbocycles. The summed E-state index contributed by atoms with van der Waals surface area (Å²) in [6, 6.07) is 7.51. The van der Waals surface area contributed by atoms with Crippen LogP contribution in [0.3, 0.4) is 0 Å². The highest BCUT2D eigenvalue weighted by Crippen LogP contribution is 2.36. The SMILES string of the molecule is NC1CC2CCC(C1)N2Cc1cc(Cl)cc(Cl)c1. The molecule has 98 valence electrons. The van der Waals surface area contributed by atoms with Crippen molar-refractivity contribution in [1.82, 2.24) is 4.90 Å². The number of rotatable bonds is 2. The molecular weight excluding hydrogens is 267 g/mol. The van der Waals surface area contributed by atoms with Gasteiger partial charge in [0.15, 0.2) is 0 Å². The number of benzene rings is 1. The molecule has 2 aliphatic heterocycles. The molecule has 4 heteroatoms. The van der Waals surface area contributed by atoms with Gasteiger partial charge in [0, 0.05) is 34.7 Å². The first kappa shape index (κ1) is 12.7. The Morgan fingerprint density at radius 2 is 1.61 bits per heavy atom. The Balaban J connectivity index is 1.77. The van der Waals surface area contributed by atoms with Gasteiger partial charge < -0.3 is 5.73 Å². The number of nitrogens with two attached hydrogens (primary N) is 1. The number of hydrogen-bond acceptors (Lipinski definition) is 2. The van der Waals surface area contributed by atoms with Crippen molar-refractivity contribution in [3.63, 3.8) is 0 Å². The van der Waals surface area contributed by atoms with E-state index < -0.39 is 0 Å². The van der Waals surface area contributed by atoms with E-state index >= 15 is 0 Å². The van der Waals surface area contributed by atoms with Gasteiger partial charge in [-0.05, 0) is 49.4 Å². The van der Waals surface area contributed by atoms with Gasteiger partial charge in [0.25, 0.3) is 0 Å². The van der Waals surface area contributed by atoms with E-state index in [1.165, 1.54) is 18.4 Å². The lowest BCUT2D eigenvalue weighted by Gasteiger charge is -2.37. The fourth-order valence-corrected chi connectivity index (χ4v) is 4.06. The smallest absolute Gasteiger partial charge is 0.0424 e. The van der Waals surface area contributed by atoms with E-state index in [2.05, 4.69) is 4.90 Å². The van der Waals surface area contributed by atoms with Crippen LogP contribution in [0.2, 0.25) is 10.0 Å². The molecule has 2 bridgehead atoms. The van der Waals surface area contributed by atoms with Crippen LogP contribution in [0.4, 0.5) is 0 Å². The van der Waals surface area contributed by atoms with Crippen LogP contribution in [0.5, 0.6) is 0 Å². The van der Waals surface area contributed by atoms with Crippen LogP contribution in [-0.4, -0.2) is 23.0 Å². The summed E-state index contributed by atoms with van der Waals surface area (Å²) in [4.78, 5) is 2.59. The zero-order chi connectivity index (χ0) is 12.7. The molecule has 2 fully saturated rings. The first-order chi connectivity index (χ1) is 8.61. The molecule has 2 nitrogen and oxygen atoms in total. The molecule has 0 aromatic heterocycles. The summed E-state index contributed by atoms with van der Waals surface area (Å²) in [5.41, 5.74) is 7.30. The molecule has 1 aromatic rings. The third-order valence-corrected chi connectivity index (χ3v) is 4.64. The Labute approximate surface area is 118 Å². The zero-order valence-corrected chi connectivity index (χ0v) is 11.8. The zero-order valence-electron chi connectivity index (χ0n) is 10.3. The van der Waals surface area contributed by atoms with E-state index in [9.17, 15) is 0 Å². The molecule has 0 aliphatic carbocycles. The quantitative estimate of drug-likeness (QED) is 0.901. The Kier molecular flexibility index (Phi) is 3.55. The number of nitrogens with zero attached hydrogens (tertiary/aromatic N) is 1. The highest BCUT2D eigenvalue weighted by molar-refractivity contribution is 6.34. The summed E-state index contributed by atoms with van der Waals surface area (Å²) in [5.74, 6) is 0. The lowest BCUT2D eigenvalue weighted by atomic mass is 9.97. The molecular formula is C14H18Cl2N2. The molecule has 2 N–H and O–H groups in total. The van der Waals surface area contributed by atoms with E-state index in [1.54, 1.807) is 6.07 Å². The van der Waals surface area contributed by atoms with Crippen LogP contribution in [0, 0.1) is 0 Å². The van der Waals surface area contributed by atoms with Crippen molar-refractivity contribution in [1.29, 1.82) is 0 Å². The van der Waals surface area contributed by atoms with Gasteiger partial charge in [-0.3, -0.25) is 4.90 Å². The van der Waals surface area contributed by atoms with Crippen LogP contribution in [0.15, 0.2) is 18.2 Å². The summed E-state index contributed by atoms with van der Waals surface area (Å²) in [5, 5.41) is 1.44. The standard InChI is InChI=1S/C14H18Cl2N2/c15-10-3-9(4-11(16)5-10)8-18-13-1-2-14(18)7-12(17)6-13/h3-5,12-14H,1-2,6-8,17H2. The second-order valence-corrected chi connectivity index (χ2v) is 6.44. The predicted octanol–water partition coefficient (Wildman–Crippen LogP) is 3.45. The highest BCUT2D eigenvalue weighted by Gasteiger charge is 2.39. The Bertz CT molecular complexity index is 415. The number of piperidine rings is 1. The summed E-state index contributed by atoms with van der Waals surface area (Å²) < 4.78 is 0. The highest BCUT2D eigenvalue weighted by atomic mass is 35.5. The molecule has 2 heterocycles. The fourth-order valence-electron chi connectivity index (χ4n) is 3.49. The van der Waals surface area contributed by atoms with Crippen LogP contribution in [0.1, 0.15) is 31.2 Å². The van der Waals surface area contributed by atoms with Gasteiger partial charge in [-0.1, -0.05) is 23.2 Å². The van der Waals surface area contributed by atoms with E-state index in [0.29, 0.717) is 18.1 Å². The van der Waals surface area contributed by atoms with Gasteiger partial charge in [-0.2, -0.15) is 0 Å². The lowest BCUT2D eigenvalue weighted by molar-refractivity contribution is 0.120. The average Bonchev–Trinajstić information content (AvgIpc) is 2.53. The first-order valence-electron chi connectivity index (χ1n) is 6.58. The largest absolute Gasteiger partial charge is 0.328 e. The number of hydrogen-bond donors (Lipinski definition) is 1. The van der Waals surface area contributed by atoms with Gasteiger partial charge in [0.05, 0.1) is 0 Å². The van der Waals surface area contributed by atoms with Gasteiger partial charge in [0.2, 0.25) is 0 Å². The molecule has 0 amide bonds. The first-order valence-corrected chi connectivity index (χ1v) is 7.33. The maximum absolute atomic E-state index is 6.09. The van der Waals surface area contributed by atoms with Crippen molar-refractivity contribution in [2.75, 3.05) is 0 Å². The van der Waals surface area contributed by atoms with E-state index in [0.717, 1.165) is 29.4 Å². The Morgan fingerprint density at radius 1 is 1.06 bits per heavy atom. The molecule has 0 saturated carbocycles. The molecule has 2 aliphatic rings. The molecule has 2 atom stereocenters. The minimum atomic E-state index is 0.390. The normalized spacial score (nSPS) is 31.8. The number of halogens is 2. The maximum Gasteiger partial charge on any atom is 0.0424 e. The van der Waals surface area contributed by atoms with E-state index in [1.807, 2.05) is 12.1 Å². The van der Waals surface area contributed by atoms with Crippen molar-refractivity contribution in [2.45, 2.75) is 50.4 Å². The maximum atomic E-state index is 6.09. The third-order valence-electron chi connectivity index (χ3n) is 4.21. The molecule has 2 unspecified atom stereocenters. The third kappa shape index (κ3) is 2.53. The van der Waals surface area contributed by atoms with Gasteiger partial charge in [0.1, 0.15) is 0 Å². The minimum absolute atomic E-state index is 0.390. The van der Waals surface area contributed by atoms with Crippen molar-refractivity contribution in [3.05, 3.63) is 33.8 Å². The number of fused-ring (bicyclic) bond motifs is 2. The average molecular weight is 285 g/mol. The van der Waals surface area contributed by atoms with Crippen molar-refractivity contribution in [3.8, 4) is 0 Å². The molecule has 2 saturated heterocycles. The summed E-state index contributed by atoms with van der Waals surface area (Å²) in [6.07, 6.45) is 4.83. The Morgan fingerprint density at radius 3 is 2.17 bits per heavy atom. The van der Waals surface area contributed by atoms with Crippen LogP contribution < -0.4 is 5.73 Å². The topological polar surface area (TPSA) is 29.3 Å². The molecule has 18 heavy (non-hydrogen) atoms.